The Labute approximate surface area is 176 Å². The summed E-state index contributed by atoms with van der Waals surface area (Å²) in [6.07, 6.45) is 2.00. The summed E-state index contributed by atoms with van der Waals surface area (Å²) in [7, 11) is 2.18. The highest BCUT2D eigenvalue weighted by molar-refractivity contribution is 7.13. The number of aryl methyl sites for hydroxylation is 1. The molecule has 0 aliphatic carbocycles. The molecule has 0 bridgehead atoms. The summed E-state index contributed by atoms with van der Waals surface area (Å²) < 4.78 is 2.34. The molecule has 6 rings (SSSR count). The molecule has 0 unspecified atom stereocenters. The monoisotopic (exact) mass is 410 g/mol. The lowest BCUT2D eigenvalue weighted by Gasteiger charge is -2.05. The summed E-state index contributed by atoms with van der Waals surface area (Å²) in [5.41, 5.74) is 8.83. The van der Waals surface area contributed by atoms with Crippen LogP contribution >= 0.6 is 22.7 Å². The highest BCUT2D eigenvalue weighted by Gasteiger charge is 2.19. The predicted molar refractivity (Wildman–Crippen MR) is 127 cm³/mol. The first-order valence-corrected chi connectivity index (χ1v) is 11.4. The second kappa shape index (κ2) is 6.48. The topological polar surface area (TPSA) is 20.7 Å². The lowest BCUT2D eigenvalue weighted by atomic mass is 10.00. The van der Waals surface area contributed by atoms with Gasteiger partial charge in [-0.1, -0.05) is 24.3 Å². The molecule has 0 saturated carbocycles. The van der Waals surface area contributed by atoms with Crippen molar-refractivity contribution in [2.75, 3.05) is 0 Å². The van der Waals surface area contributed by atoms with Gasteiger partial charge in [0, 0.05) is 51.0 Å². The lowest BCUT2D eigenvalue weighted by molar-refractivity contribution is 0.980. The summed E-state index contributed by atoms with van der Waals surface area (Å²) in [4.78, 5) is 4.64. The van der Waals surface area contributed by atoms with Crippen LogP contribution in [0.1, 0.15) is 0 Å². The van der Waals surface area contributed by atoms with Gasteiger partial charge in [-0.3, -0.25) is 0 Å². The van der Waals surface area contributed by atoms with Gasteiger partial charge in [-0.05, 0) is 63.7 Å². The van der Waals surface area contributed by atoms with Gasteiger partial charge in [0.2, 0.25) is 0 Å². The van der Waals surface area contributed by atoms with Crippen LogP contribution in [-0.2, 0) is 7.05 Å². The molecule has 4 heterocycles. The smallest absolute Gasteiger partial charge is 0.0585 e. The van der Waals surface area contributed by atoms with Crippen LogP contribution < -0.4 is 0 Å². The number of H-pyrrole nitrogens is 1. The Kier molecular flexibility index (Phi) is 3.76. The van der Waals surface area contributed by atoms with Gasteiger partial charge >= 0.3 is 0 Å². The standard InChI is InChI=1S/C25H18N2S2/c1-27-22-7-6-17(18-5-4-16-8-10-26-21(16)14-18)13-20(22)24(23-3-2-11-29-23)25(27)19-9-12-28-15-19/h2-15,26H,1H3. The van der Waals surface area contributed by atoms with Crippen LogP contribution in [0.15, 0.2) is 83.0 Å². The fraction of sp³-hybridized carbons (Fsp3) is 0.0400. The first kappa shape index (κ1) is 16.8. The Morgan fingerprint density at radius 3 is 2.59 bits per heavy atom. The van der Waals surface area contributed by atoms with E-state index in [1.165, 1.54) is 54.6 Å². The zero-order chi connectivity index (χ0) is 19.4. The fourth-order valence-electron chi connectivity index (χ4n) is 4.26. The van der Waals surface area contributed by atoms with Gasteiger partial charge in [0.1, 0.15) is 0 Å². The maximum Gasteiger partial charge on any atom is 0.0585 e. The average Bonchev–Trinajstić information content (AvgIpc) is 3.53. The molecular weight excluding hydrogens is 392 g/mol. The molecule has 140 valence electrons. The number of rotatable bonds is 3. The van der Waals surface area contributed by atoms with Crippen molar-refractivity contribution < 1.29 is 0 Å². The number of thiophene rings is 2. The average molecular weight is 411 g/mol. The van der Waals surface area contributed by atoms with E-state index in [1.807, 2.05) is 6.20 Å². The minimum Gasteiger partial charge on any atom is -0.361 e. The fourth-order valence-corrected chi connectivity index (χ4v) is 5.68. The van der Waals surface area contributed by atoms with E-state index in [0.717, 1.165) is 0 Å². The predicted octanol–water partition coefficient (Wildman–Crippen LogP) is 7.78. The minimum absolute atomic E-state index is 1.17. The largest absolute Gasteiger partial charge is 0.361 e. The molecular formula is C25H18N2S2. The van der Waals surface area contributed by atoms with E-state index in [9.17, 15) is 0 Å². The molecule has 2 nitrogen and oxygen atoms in total. The number of hydrogen-bond acceptors (Lipinski definition) is 2. The summed E-state index contributed by atoms with van der Waals surface area (Å²) in [5.74, 6) is 0. The highest BCUT2D eigenvalue weighted by atomic mass is 32.1. The molecule has 0 aliphatic heterocycles. The Morgan fingerprint density at radius 1 is 0.862 bits per heavy atom. The third kappa shape index (κ3) is 2.60. The van der Waals surface area contributed by atoms with Crippen molar-refractivity contribution in [2.45, 2.75) is 0 Å². The lowest BCUT2D eigenvalue weighted by Crippen LogP contribution is -1.90. The van der Waals surface area contributed by atoms with Gasteiger partial charge in [0.05, 0.1) is 5.69 Å². The van der Waals surface area contributed by atoms with Crippen molar-refractivity contribution in [1.29, 1.82) is 0 Å². The van der Waals surface area contributed by atoms with Crippen molar-refractivity contribution in [3.8, 4) is 32.8 Å². The number of nitrogens with one attached hydrogen (secondary N) is 1. The van der Waals surface area contributed by atoms with Gasteiger partial charge in [-0.15, -0.1) is 11.3 Å². The molecule has 4 heteroatoms. The number of fused-ring (bicyclic) bond motifs is 2. The first-order chi connectivity index (χ1) is 14.3. The van der Waals surface area contributed by atoms with Crippen LogP contribution in [0.5, 0.6) is 0 Å². The number of hydrogen-bond donors (Lipinski definition) is 1. The molecule has 0 radical (unpaired) electrons. The van der Waals surface area contributed by atoms with Crippen LogP contribution in [0.2, 0.25) is 0 Å². The maximum absolute atomic E-state index is 3.33. The molecule has 0 atom stereocenters. The zero-order valence-corrected chi connectivity index (χ0v) is 17.5. The van der Waals surface area contributed by atoms with Crippen LogP contribution in [0, 0.1) is 0 Å². The van der Waals surface area contributed by atoms with E-state index < -0.39 is 0 Å². The third-order valence-electron chi connectivity index (χ3n) is 5.65. The molecule has 0 amide bonds. The van der Waals surface area contributed by atoms with Crippen LogP contribution in [0.25, 0.3) is 54.6 Å². The Morgan fingerprint density at radius 2 is 1.76 bits per heavy atom. The van der Waals surface area contributed by atoms with E-state index in [0.29, 0.717) is 0 Å². The number of aromatic amines is 1. The Hall–Kier alpha value is -3.08. The van der Waals surface area contributed by atoms with Gasteiger partial charge in [0.25, 0.3) is 0 Å². The zero-order valence-electron chi connectivity index (χ0n) is 15.8. The second-order valence-electron chi connectivity index (χ2n) is 7.28. The normalized spacial score (nSPS) is 11.6. The molecule has 0 spiro atoms. The summed E-state index contributed by atoms with van der Waals surface area (Å²) in [6.45, 7) is 0. The molecule has 6 aromatic rings. The van der Waals surface area contributed by atoms with E-state index in [2.05, 4.69) is 93.4 Å². The molecule has 0 saturated heterocycles. The number of aromatic nitrogens is 2. The number of nitrogens with zero attached hydrogens (tertiary/aromatic N) is 1. The van der Waals surface area contributed by atoms with Crippen LogP contribution in [0.3, 0.4) is 0 Å². The van der Waals surface area contributed by atoms with Crippen molar-refractivity contribution in [1.82, 2.24) is 9.55 Å². The van der Waals surface area contributed by atoms with Crippen LogP contribution in [-0.4, -0.2) is 9.55 Å². The SMILES string of the molecule is Cn1c(-c2ccsc2)c(-c2cccs2)c2cc(-c3ccc4cc[nH]c4c3)ccc21. The van der Waals surface area contributed by atoms with E-state index in [-0.39, 0.29) is 0 Å². The minimum atomic E-state index is 1.17. The first-order valence-electron chi connectivity index (χ1n) is 9.56. The summed E-state index contributed by atoms with van der Waals surface area (Å²) >= 11 is 3.55. The van der Waals surface area contributed by atoms with Gasteiger partial charge < -0.3 is 9.55 Å². The van der Waals surface area contributed by atoms with Crippen molar-refractivity contribution in [3.05, 3.63) is 83.0 Å². The molecule has 0 fully saturated rings. The molecule has 2 aromatic carbocycles. The quantitative estimate of drug-likeness (QED) is 0.307. The highest BCUT2D eigenvalue weighted by Crippen LogP contribution is 2.43. The molecule has 0 aliphatic rings. The second-order valence-corrected chi connectivity index (χ2v) is 9.01. The van der Waals surface area contributed by atoms with Gasteiger partial charge in [0.15, 0.2) is 0 Å². The van der Waals surface area contributed by atoms with Crippen molar-refractivity contribution in [3.63, 3.8) is 0 Å². The summed E-state index contributed by atoms with van der Waals surface area (Å²) in [5, 5.41) is 9.11. The third-order valence-corrected chi connectivity index (χ3v) is 7.22. The van der Waals surface area contributed by atoms with E-state index >= 15 is 0 Å². The molecule has 29 heavy (non-hydrogen) atoms. The van der Waals surface area contributed by atoms with Gasteiger partial charge in [-0.2, -0.15) is 11.3 Å². The Bertz CT molecular complexity index is 1450. The van der Waals surface area contributed by atoms with E-state index in [1.54, 1.807) is 22.7 Å². The number of benzene rings is 2. The van der Waals surface area contributed by atoms with Crippen molar-refractivity contribution in [2.24, 2.45) is 7.05 Å². The molecule has 4 aromatic heterocycles. The summed E-state index contributed by atoms with van der Waals surface area (Å²) in [6, 6.07) is 22.2. The van der Waals surface area contributed by atoms with Crippen molar-refractivity contribution >= 4 is 44.5 Å². The molecule has 1 N–H and O–H groups in total. The maximum atomic E-state index is 3.33. The van der Waals surface area contributed by atoms with Crippen LogP contribution in [0.4, 0.5) is 0 Å². The van der Waals surface area contributed by atoms with E-state index in [4.69, 9.17) is 0 Å². The van der Waals surface area contributed by atoms with Gasteiger partial charge in [-0.25, -0.2) is 0 Å². The Balaban J connectivity index is 1.64.